The van der Waals surface area contributed by atoms with Crippen molar-refractivity contribution in [3.05, 3.63) is 65.7 Å². The molecule has 2 heterocycles. The Bertz CT molecular complexity index is 916. The summed E-state index contributed by atoms with van der Waals surface area (Å²) < 4.78 is 33.0. The first-order chi connectivity index (χ1) is 13.4. The van der Waals surface area contributed by atoms with Crippen LogP contribution >= 0.6 is 0 Å². The van der Waals surface area contributed by atoms with E-state index < -0.39 is 15.6 Å². The number of para-hydroxylation sites is 1. The molecule has 0 bridgehead atoms. The molecule has 5 nitrogen and oxygen atoms in total. The summed E-state index contributed by atoms with van der Waals surface area (Å²) in [7, 11) is -3.31. The third-order valence-corrected chi connectivity index (χ3v) is 6.95. The quantitative estimate of drug-likeness (QED) is 0.792. The van der Waals surface area contributed by atoms with Gasteiger partial charge in [-0.3, -0.25) is 4.90 Å². The summed E-state index contributed by atoms with van der Waals surface area (Å²) in [5.41, 5.74) is 1.77. The molecule has 1 atom stereocenters. The lowest BCUT2D eigenvalue weighted by Gasteiger charge is -2.43. The minimum atomic E-state index is -3.31. The third kappa shape index (κ3) is 4.40. The van der Waals surface area contributed by atoms with Crippen LogP contribution in [0.4, 0.5) is 0 Å². The van der Waals surface area contributed by atoms with E-state index in [9.17, 15) is 8.42 Å². The predicted molar refractivity (Wildman–Crippen MR) is 111 cm³/mol. The minimum Gasteiger partial charge on any atom is -0.484 e. The fourth-order valence-electron chi connectivity index (χ4n) is 4.33. The van der Waals surface area contributed by atoms with Gasteiger partial charge in [-0.15, -0.1) is 0 Å². The van der Waals surface area contributed by atoms with Crippen LogP contribution in [-0.2, 0) is 23.0 Å². The average molecular weight is 401 g/mol. The molecule has 1 fully saturated rings. The lowest BCUT2D eigenvalue weighted by molar-refractivity contribution is -0.0149. The molecule has 2 aliphatic rings. The third-order valence-electron chi connectivity index (χ3n) is 5.76. The minimum absolute atomic E-state index is 0.376. The van der Waals surface area contributed by atoms with Gasteiger partial charge in [0.25, 0.3) is 0 Å². The van der Waals surface area contributed by atoms with Gasteiger partial charge < -0.3 is 4.74 Å². The van der Waals surface area contributed by atoms with Crippen LogP contribution in [0, 0.1) is 0 Å². The summed E-state index contributed by atoms with van der Waals surface area (Å²) >= 11 is 0. The molecule has 0 aromatic heterocycles. The highest BCUT2D eigenvalue weighted by Crippen LogP contribution is 2.35. The van der Waals surface area contributed by atoms with Gasteiger partial charge >= 0.3 is 0 Å². The standard InChI is InChI=1S/C22H28N2O3S/c1-28(25,26)24-16-20-10-5-6-11-21(20)27-22(18-24)13-7-14-23(17-22)15-12-19-8-3-2-4-9-19/h2-6,8-11H,7,12-18H2,1H3/t22-/m0/s1. The summed E-state index contributed by atoms with van der Waals surface area (Å²) in [6.07, 6.45) is 4.16. The van der Waals surface area contributed by atoms with Crippen molar-refractivity contribution in [3.8, 4) is 5.75 Å². The van der Waals surface area contributed by atoms with Crippen molar-refractivity contribution < 1.29 is 13.2 Å². The van der Waals surface area contributed by atoms with Crippen molar-refractivity contribution in [2.75, 3.05) is 32.4 Å². The van der Waals surface area contributed by atoms with Crippen LogP contribution in [0.5, 0.6) is 5.75 Å². The van der Waals surface area contributed by atoms with Crippen molar-refractivity contribution in [1.29, 1.82) is 0 Å². The molecule has 28 heavy (non-hydrogen) atoms. The maximum Gasteiger partial charge on any atom is 0.211 e. The van der Waals surface area contributed by atoms with E-state index in [2.05, 4.69) is 29.2 Å². The number of piperidine rings is 1. The summed E-state index contributed by atoms with van der Waals surface area (Å²) in [6.45, 7) is 3.51. The largest absolute Gasteiger partial charge is 0.484 e. The van der Waals surface area contributed by atoms with Crippen LogP contribution < -0.4 is 4.74 Å². The highest BCUT2D eigenvalue weighted by molar-refractivity contribution is 7.88. The smallest absolute Gasteiger partial charge is 0.211 e. The van der Waals surface area contributed by atoms with Gasteiger partial charge in [-0.1, -0.05) is 48.5 Å². The van der Waals surface area contributed by atoms with E-state index in [1.165, 1.54) is 11.8 Å². The maximum atomic E-state index is 12.4. The van der Waals surface area contributed by atoms with Gasteiger partial charge in [-0.25, -0.2) is 8.42 Å². The van der Waals surface area contributed by atoms with E-state index in [-0.39, 0.29) is 0 Å². The zero-order valence-electron chi connectivity index (χ0n) is 16.4. The molecule has 2 aromatic carbocycles. The second kappa shape index (κ2) is 7.85. The normalized spacial score (nSPS) is 23.8. The molecule has 0 saturated carbocycles. The van der Waals surface area contributed by atoms with Gasteiger partial charge in [0.15, 0.2) is 0 Å². The van der Waals surface area contributed by atoms with Gasteiger partial charge in [0.1, 0.15) is 11.4 Å². The van der Waals surface area contributed by atoms with Crippen LogP contribution in [0.15, 0.2) is 54.6 Å². The van der Waals surface area contributed by atoms with Crippen molar-refractivity contribution in [1.82, 2.24) is 9.21 Å². The maximum absolute atomic E-state index is 12.4. The molecule has 6 heteroatoms. The first kappa shape index (κ1) is 19.4. The molecular formula is C22H28N2O3S. The van der Waals surface area contributed by atoms with Gasteiger partial charge in [-0.2, -0.15) is 4.31 Å². The molecule has 1 saturated heterocycles. The number of hydrogen-bond acceptors (Lipinski definition) is 4. The molecular weight excluding hydrogens is 372 g/mol. The molecule has 0 amide bonds. The fourth-order valence-corrected chi connectivity index (χ4v) is 5.17. The molecule has 0 unspecified atom stereocenters. The zero-order valence-corrected chi connectivity index (χ0v) is 17.2. The summed E-state index contributed by atoms with van der Waals surface area (Å²) in [4.78, 5) is 2.42. The van der Waals surface area contributed by atoms with Gasteiger partial charge in [0.05, 0.1) is 12.8 Å². The van der Waals surface area contributed by atoms with E-state index in [1.807, 2.05) is 30.3 Å². The topological polar surface area (TPSA) is 49.9 Å². The SMILES string of the molecule is CS(=O)(=O)N1Cc2ccccc2O[C@]2(CCCN(CCc3ccccc3)C2)C1. The number of nitrogens with zero attached hydrogens (tertiary/aromatic N) is 2. The van der Waals surface area contributed by atoms with Crippen LogP contribution in [-0.4, -0.2) is 55.7 Å². The summed E-state index contributed by atoms with van der Waals surface area (Å²) in [5, 5.41) is 0. The lowest BCUT2D eigenvalue weighted by atomic mass is 9.92. The molecule has 0 N–H and O–H groups in total. The summed E-state index contributed by atoms with van der Waals surface area (Å²) in [6, 6.07) is 18.3. The molecule has 0 aliphatic carbocycles. The monoisotopic (exact) mass is 400 g/mol. The molecule has 2 aromatic rings. The molecule has 150 valence electrons. The first-order valence-corrected chi connectivity index (χ1v) is 11.8. The van der Waals surface area contributed by atoms with Gasteiger partial charge in [0.2, 0.25) is 10.0 Å². The highest BCUT2D eigenvalue weighted by Gasteiger charge is 2.43. The number of fused-ring (bicyclic) bond motifs is 1. The number of rotatable bonds is 4. The van der Waals surface area contributed by atoms with Crippen LogP contribution in [0.25, 0.3) is 0 Å². The predicted octanol–water partition coefficient (Wildman–Crippen LogP) is 2.92. The number of hydrogen-bond donors (Lipinski definition) is 0. The zero-order chi connectivity index (χ0) is 19.6. The second-order valence-corrected chi connectivity index (χ2v) is 10.0. The van der Waals surface area contributed by atoms with Crippen molar-refractivity contribution in [2.45, 2.75) is 31.4 Å². The Morgan fingerprint density at radius 1 is 1.04 bits per heavy atom. The van der Waals surface area contributed by atoms with Crippen LogP contribution in [0.1, 0.15) is 24.0 Å². The Kier molecular flexibility index (Phi) is 5.45. The Balaban J connectivity index is 1.55. The summed E-state index contributed by atoms with van der Waals surface area (Å²) in [5.74, 6) is 0.818. The Labute approximate surface area is 168 Å². The number of likely N-dealkylation sites (tertiary alicyclic amines) is 1. The van der Waals surface area contributed by atoms with E-state index >= 15 is 0 Å². The van der Waals surface area contributed by atoms with Gasteiger partial charge in [-0.05, 0) is 37.4 Å². The highest BCUT2D eigenvalue weighted by atomic mass is 32.2. The van der Waals surface area contributed by atoms with E-state index in [0.717, 1.165) is 50.2 Å². The second-order valence-electron chi connectivity index (χ2n) is 8.04. The molecule has 1 spiro atoms. The molecule has 4 rings (SSSR count). The van der Waals surface area contributed by atoms with Crippen molar-refractivity contribution in [3.63, 3.8) is 0 Å². The molecule has 2 aliphatic heterocycles. The fraction of sp³-hybridized carbons (Fsp3) is 0.455. The van der Waals surface area contributed by atoms with Gasteiger partial charge in [0, 0.05) is 25.2 Å². The van der Waals surface area contributed by atoms with Crippen LogP contribution in [0.3, 0.4) is 0 Å². The van der Waals surface area contributed by atoms with Crippen molar-refractivity contribution >= 4 is 10.0 Å². The number of ether oxygens (including phenoxy) is 1. The Hall–Kier alpha value is -1.89. The number of sulfonamides is 1. The van der Waals surface area contributed by atoms with Crippen molar-refractivity contribution in [2.24, 2.45) is 0 Å². The van der Waals surface area contributed by atoms with Crippen LogP contribution in [0.2, 0.25) is 0 Å². The average Bonchev–Trinajstić information content (AvgIpc) is 2.83. The Morgan fingerprint density at radius 3 is 2.57 bits per heavy atom. The number of benzene rings is 2. The molecule has 0 radical (unpaired) electrons. The van der Waals surface area contributed by atoms with E-state index in [4.69, 9.17) is 4.74 Å². The van der Waals surface area contributed by atoms with E-state index in [1.54, 1.807) is 4.31 Å². The first-order valence-electron chi connectivity index (χ1n) is 9.92. The lowest BCUT2D eigenvalue weighted by Crippen LogP contribution is -2.57. The Morgan fingerprint density at radius 2 is 1.79 bits per heavy atom. The van der Waals surface area contributed by atoms with E-state index in [0.29, 0.717) is 13.1 Å².